The molecule has 2 atom stereocenters. The van der Waals surface area contributed by atoms with E-state index in [0.717, 1.165) is 24.9 Å². The summed E-state index contributed by atoms with van der Waals surface area (Å²) in [5.74, 6) is 0.133. The summed E-state index contributed by atoms with van der Waals surface area (Å²) >= 11 is 0. The molecule has 1 fully saturated rings. The van der Waals surface area contributed by atoms with Gasteiger partial charge in [-0.15, -0.1) is 0 Å². The van der Waals surface area contributed by atoms with Gasteiger partial charge in [0, 0.05) is 12.2 Å². The summed E-state index contributed by atoms with van der Waals surface area (Å²) in [6.07, 6.45) is 3.94. The zero-order chi connectivity index (χ0) is 16.8. The number of amides is 2. The van der Waals surface area contributed by atoms with Crippen LogP contribution in [-0.2, 0) is 9.59 Å². The Bertz CT molecular complexity index is 537. The number of hydrogen-bond donors (Lipinski definition) is 2. The maximum Gasteiger partial charge on any atom is 0.228 e. The fourth-order valence-electron chi connectivity index (χ4n) is 2.68. The molecule has 4 nitrogen and oxygen atoms in total. The third-order valence-electron chi connectivity index (χ3n) is 4.39. The maximum atomic E-state index is 12.2. The molecule has 1 aromatic rings. The summed E-state index contributed by atoms with van der Waals surface area (Å²) < 4.78 is 0. The molecule has 1 saturated carbocycles. The summed E-state index contributed by atoms with van der Waals surface area (Å²) in [6.45, 7) is 7.13. The van der Waals surface area contributed by atoms with E-state index in [0.29, 0.717) is 18.9 Å². The molecule has 1 aliphatic rings. The smallest absolute Gasteiger partial charge is 0.228 e. The molecule has 1 aliphatic carbocycles. The first-order chi connectivity index (χ1) is 11.0. The van der Waals surface area contributed by atoms with Crippen molar-refractivity contribution in [1.29, 1.82) is 0 Å². The predicted octanol–water partition coefficient (Wildman–Crippen LogP) is 3.69. The molecule has 0 aromatic heterocycles. The van der Waals surface area contributed by atoms with E-state index < -0.39 is 0 Å². The number of carbonyl (C=O) groups is 2. The molecule has 0 heterocycles. The van der Waals surface area contributed by atoms with Crippen molar-refractivity contribution in [2.75, 3.05) is 11.9 Å². The number of unbranched alkanes of at least 4 members (excludes halogenated alkanes) is 2. The molecule has 0 aliphatic heterocycles. The Morgan fingerprint density at radius 2 is 1.74 bits per heavy atom. The van der Waals surface area contributed by atoms with Crippen LogP contribution in [0.2, 0.25) is 0 Å². The molecular weight excluding hydrogens is 288 g/mol. The van der Waals surface area contributed by atoms with E-state index in [4.69, 9.17) is 0 Å². The maximum absolute atomic E-state index is 12.2. The minimum atomic E-state index is -0.175. The van der Waals surface area contributed by atoms with Crippen LogP contribution in [0.5, 0.6) is 0 Å². The number of rotatable bonds is 8. The van der Waals surface area contributed by atoms with Crippen LogP contribution in [0.3, 0.4) is 0 Å². The van der Waals surface area contributed by atoms with Crippen molar-refractivity contribution in [3.8, 4) is 0 Å². The van der Waals surface area contributed by atoms with Crippen LogP contribution in [0.1, 0.15) is 57.9 Å². The standard InChI is InChI=1S/C19H28N2O2/c1-4-5-6-11-20-18(22)16-12-17(16)19(23)21-15-9-7-14(8-10-15)13(2)3/h7-10,13,16-17H,4-6,11-12H2,1-3H3,(H,20,22)(H,21,23). The zero-order valence-electron chi connectivity index (χ0n) is 14.4. The van der Waals surface area contributed by atoms with Crippen LogP contribution in [0.4, 0.5) is 5.69 Å². The Morgan fingerprint density at radius 1 is 1.09 bits per heavy atom. The fraction of sp³-hybridized carbons (Fsp3) is 0.579. The molecule has 0 spiro atoms. The van der Waals surface area contributed by atoms with Gasteiger partial charge in [-0.1, -0.05) is 45.7 Å². The minimum absolute atomic E-state index is 0.0245. The van der Waals surface area contributed by atoms with E-state index in [1.54, 1.807) is 0 Å². The highest BCUT2D eigenvalue weighted by Crippen LogP contribution is 2.39. The van der Waals surface area contributed by atoms with Crippen molar-refractivity contribution in [3.63, 3.8) is 0 Å². The highest BCUT2D eigenvalue weighted by atomic mass is 16.2. The zero-order valence-corrected chi connectivity index (χ0v) is 14.4. The van der Waals surface area contributed by atoms with E-state index in [-0.39, 0.29) is 23.7 Å². The lowest BCUT2D eigenvalue weighted by atomic mass is 10.0. The molecule has 2 unspecified atom stereocenters. The van der Waals surface area contributed by atoms with E-state index in [1.807, 2.05) is 24.3 Å². The Kier molecular flexibility index (Phi) is 6.20. The lowest BCUT2D eigenvalue weighted by Gasteiger charge is -2.08. The van der Waals surface area contributed by atoms with Gasteiger partial charge in [0.25, 0.3) is 0 Å². The third kappa shape index (κ3) is 5.08. The van der Waals surface area contributed by atoms with Gasteiger partial charge in [-0.2, -0.15) is 0 Å². The average molecular weight is 316 g/mol. The summed E-state index contributed by atoms with van der Waals surface area (Å²) in [5, 5.41) is 5.84. The molecular formula is C19H28N2O2. The average Bonchev–Trinajstić information content (AvgIpc) is 3.32. The highest BCUT2D eigenvalue weighted by Gasteiger charge is 2.47. The number of carbonyl (C=O) groups excluding carboxylic acids is 2. The van der Waals surface area contributed by atoms with Gasteiger partial charge in [0.15, 0.2) is 0 Å². The minimum Gasteiger partial charge on any atom is -0.356 e. The van der Waals surface area contributed by atoms with Gasteiger partial charge < -0.3 is 10.6 Å². The molecule has 2 N–H and O–H groups in total. The first-order valence-corrected chi connectivity index (χ1v) is 8.71. The second kappa shape index (κ2) is 8.14. The van der Waals surface area contributed by atoms with Crippen molar-refractivity contribution in [2.24, 2.45) is 11.8 Å². The number of benzene rings is 1. The van der Waals surface area contributed by atoms with Crippen molar-refractivity contribution in [1.82, 2.24) is 5.32 Å². The van der Waals surface area contributed by atoms with Crippen LogP contribution in [0, 0.1) is 11.8 Å². The fourth-order valence-corrected chi connectivity index (χ4v) is 2.68. The van der Waals surface area contributed by atoms with Crippen LogP contribution < -0.4 is 10.6 Å². The monoisotopic (exact) mass is 316 g/mol. The molecule has 1 aromatic carbocycles. The second-order valence-electron chi connectivity index (χ2n) is 6.71. The number of hydrogen-bond acceptors (Lipinski definition) is 2. The summed E-state index contributed by atoms with van der Waals surface area (Å²) in [4.78, 5) is 24.2. The van der Waals surface area contributed by atoms with Gasteiger partial charge in [0.1, 0.15) is 0 Å². The summed E-state index contributed by atoms with van der Waals surface area (Å²) in [6, 6.07) is 7.92. The molecule has 0 saturated heterocycles. The van der Waals surface area contributed by atoms with Crippen LogP contribution >= 0.6 is 0 Å². The lowest BCUT2D eigenvalue weighted by molar-refractivity contribution is -0.125. The first-order valence-electron chi connectivity index (χ1n) is 8.71. The molecule has 23 heavy (non-hydrogen) atoms. The SMILES string of the molecule is CCCCCNC(=O)C1CC1C(=O)Nc1ccc(C(C)C)cc1. The van der Waals surface area contributed by atoms with Gasteiger partial charge in [-0.25, -0.2) is 0 Å². The van der Waals surface area contributed by atoms with E-state index in [1.165, 1.54) is 5.56 Å². The van der Waals surface area contributed by atoms with Crippen LogP contribution in [0.25, 0.3) is 0 Å². The molecule has 0 radical (unpaired) electrons. The normalized spacial score (nSPS) is 19.5. The Morgan fingerprint density at radius 3 is 2.35 bits per heavy atom. The Labute approximate surface area is 139 Å². The van der Waals surface area contributed by atoms with E-state index in [2.05, 4.69) is 31.4 Å². The first kappa shape index (κ1) is 17.5. The highest BCUT2D eigenvalue weighted by molar-refractivity contribution is 5.99. The topological polar surface area (TPSA) is 58.2 Å². The van der Waals surface area contributed by atoms with Crippen LogP contribution in [-0.4, -0.2) is 18.4 Å². The van der Waals surface area contributed by atoms with E-state index in [9.17, 15) is 9.59 Å². The van der Waals surface area contributed by atoms with Gasteiger partial charge in [-0.3, -0.25) is 9.59 Å². The largest absolute Gasteiger partial charge is 0.356 e. The molecule has 2 rings (SSSR count). The summed E-state index contributed by atoms with van der Waals surface area (Å²) in [5.41, 5.74) is 2.05. The molecule has 126 valence electrons. The van der Waals surface area contributed by atoms with Crippen molar-refractivity contribution < 1.29 is 9.59 Å². The summed E-state index contributed by atoms with van der Waals surface area (Å²) in [7, 11) is 0. The van der Waals surface area contributed by atoms with Crippen molar-refractivity contribution >= 4 is 17.5 Å². The van der Waals surface area contributed by atoms with Gasteiger partial charge in [-0.05, 0) is 36.5 Å². The lowest BCUT2D eigenvalue weighted by Crippen LogP contribution is -2.28. The Hall–Kier alpha value is -1.84. The predicted molar refractivity (Wildman–Crippen MR) is 93.3 cm³/mol. The van der Waals surface area contributed by atoms with Gasteiger partial charge in [0.2, 0.25) is 11.8 Å². The van der Waals surface area contributed by atoms with Gasteiger partial charge >= 0.3 is 0 Å². The molecule has 2 amide bonds. The van der Waals surface area contributed by atoms with Gasteiger partial charge in [0.05, 0.1) is 11.8 Å². The number of anilines is 1. The van der Waals surface area contributed by atoms with Crippen molar-refractivity contribution in [2.45, 2.75) is 52.4 Å². The third-order valence-corrected chi connectivity index (χ3v) is 4.39. The Balaban J connectivity index is 1.76. The second-order valence-corrected chi connectivity index (χ2v) is 6.71. The van der Waals surface area contributed by atoms with Crippen LogP contribution in [0.15, 0.2) is 24.3 Å². The molecule has 0 bridgehead atoms. The van der Waals surface area contributed by atoms with Crippen molar-refractivity contribution in [3.05, 3.63) is 29.8 Å². The number of nitrogens with one attached hydrogen (secondary N) is 2. The van der Waals surface area contributed by atoms with E-state index >= 15 is 0 Å². The quantitative estimate of drug-likeness (QED) is 0.719. The molecule has 4 heteroatoms.